The zero-order valence-corrected chi connectivity index (χ0v) is 8.51. The minimum absolute atomic E-state index is 0. The average molecular weight is 209 g/mol. The van der Waals surface area contributed by atoms with E-state index in [4.69, 9.17) is 0 Å². The third-order valence-corrected chi connectivity index (χ3v) is 0.607. The Labute approximate surface area is 68.4 Å². The Kier molecular flexibility index (Phi) is 9.68. The maximum absolute atomic E-state index is 2.89. The molecule has 0 aromatic heterocycles. The molecule has 0 radical (unpaired) electrons. The molecule has 0 amide bonds. The van der Waals surface area contributed by atoms with Crippen molar-refractivity contribution < 1.29 is 32.0 Å². The van der Waals surface area contributed by atoms with Gasteiger partial charge in [0.25, 0.3) is 0 Å². The van der Waals surface area contributed by atoms with Gasteiger partial charge in [0.05, 0.1) is 0 Å². The van der Waals surface area contributed by atoms with Crippen molar-refractivity contribution in [2.45, 2.75) is 0 Å². The van der Waals surface area contributed by atoms with Gasteiger partial charge < -0.3 is 4.70 Å². The SMILES string of the molecule is [Cd+2].[F-].[c-]1ccccc1. The number of halogens is 1. The summed E-state index contributed by atoms with van der Waals surface area (Å²) in [5.74, 6) is 0. The summed E-state index contributed by atoms with van der Waals surface area (Å²) in [5.41, 5.74) is 0. The molecule has 0 heterocycles. The second-order valence-corrected chi connectivity index (χ2v) is 1.08. The van der Waals surface area contributed by atoms with Crippen LogP contribution in [0.2, 0.25) is 0 Å². The summed E-state index contributed by atoms with van der Waals surface area (Å²) < 4.78 is 0. The minimum Gasteiger partial charge on any atom is -1.00 e. The van der Waals surface area contributed by atoms with Gasteiger partial charge in [-0.15, -0.1) is 0 Å². The molecule has 0 N–H and O–H groups in total. The van der Waals surface area contributed by atoms with E-state index in [1.807, 2.05) is 30.3 Å². The first-order chi connectivity index (χ1) is 3.00. The van der Waals surface area contributed by atoms with E-state index in [0.29, 0.717) is 0 Å². The Bertz CT molecular complexity index is 80.5. The third-order valence-electron chi connectivity index (χ3n) is 0.607. The van der Waals surface area contributed by atoms with Crippen LogP contribution in [0.1, 0.15) is 0 Å². The first kappa shape index (κ1) is 10.9. The Morgan fingerprint density at radius 2 is 1.38 bits per heavy atom. The molecule has 0 saturated heterocycles. The smallest absolute Gasteiger partial charge is 1.00 e. The molecule has 38 valence electrons. The van der Waals surface area contributed by atoms with Gasteiger partial charge in [0, 0.05) is 0 Å². The van der Waals surface area contributed by atoms with Gasteiger partial charge in [-0.25, -0.2) is 0 Å². The monoisotopic (exact) mass is 210 g/mol. The Balaban J connectivity index is 0. The zero-order valence-electron chi connectivity index (χ0n) is 4.47. The van der Waals surface area contributed by atoms with E-state index in [-0.39, 0.29) is 32.0 Å². The van der Waals surface area contributed by atoms with Gasteiger partial charge in [0.15, 0.2) is 0 Å². The van der Waals surface area contributed by atoms with Gasteiger partial charge >= 0.3 is 27.3 Å². The molecule has 0 unspecified atom stereocenters. The summed E-state index contributed by atoms with van der Waals surface area (Å²) in [7, 11) is 0. The minimum atomic E-state index is 0. The van der Waals surface area contributed by atoms with Crippen molar-refractivity contribution in [1.29, 1.82) is 0 Å². The summed E-state index contributed by atoms with van der Waals surface area (Å²) >= 11 is 0. The van der Waals surface area contributed by atoms with Gasteiger partial charge in [-0.2, -0.15) is 36.4 Å². The van der Waals surface area contributed by atoms with Crippen LogP contribution in [0.4, 0.5) is 0 Å². The molecule has 0 nitrogen and oxygen atoms in total. The molecule has 1 aromatic rings. The van der Waals surface area contributed by atoms with Crippen LogP contribution in [0, 0.1) is 6.07 Å². The standard InChI is InChI=1S/C6H5.Cd.FH/c1-2-4-6-5-3-1;;/h1-5H;;1H/q-1;+2;/p-1. The van der Waals surface area contributed by atoms with Gasteiger partial charge in [0.2, 0.25) is 0 Å². The Morgan fingerprint density at radius 1 is 0.875 bits per heavy atom. The van der Waals surface area contributed by atoms with E-state index in [1.165, 1.54) is 0 Å². The molecule has 0 aliphatic heterocycles. The molecule has 1 rings (SSSR count). The Hall–Kier alpha value is 0.0721. The molecule has 2 heteroatoms. The summed E-state index contributed by atoms with van der Waals surface area (Å²) in [6.45, 7) is 0. The van der Waals surface area contributed by atoms with Gasteiger partial charge in [0.1, 0.15) is 0 Å². The average Bonchev–Trinajstić information content (AvgIpc) is 1.72. The zero-order chi connectivity index (χ0) is 4.24. The predicted molar refractivity (Wildman–Crippen MR) is 25.3 cm³/mol. The van der Waals surface area contributed by atoms with Crippen LogP contribution < -0.4 is 4.70 Å². The second-order valence-electron chi connectivity index (χ2n) is 1.08. The van der Waals surface area contributed by atoms with Crippen LogP contribution in [0.5, 0.6) is 0 Å². The number of hydrogen-bond donors (Lipinski definition) is 0. The number of hydrogen-bond acceptors (Lipinski definition) is 0. The van der Waals surface area contributed by atoms with Crippen LogP contribution in [-0.4, -0.2) is 0 Å². The second kappa shape index (κ2) is 7.07. The molecule has 8 heavy (non-hydrogen) atoms. The van der Waals surface area contributed by atoms with E-state index in [0.717, 1.165) is 0 Å². The van der Waals surface area contributed by atoms with E-state index in [9.17, 15) is 0 Å². The van der Waals surface area contributed by atoms with E-state index in [2.05, 4.69) is 6.07 Å². The molecule has 0 aliphatic carbocycles. The van der Waals surface area contributed by atoms with Gasteiger partial charge in [-0.05, 0) is 0 Å². The van der Waals surface area contributed by atoms with Crippen molar-refractivity contribution in [3.05, 3.63) is 36.4 Å². The first-order valence-corrected chi connectivity index (χ1v) is 1.91. The molecule has 0 aliphatic rings. The van der Waals surface area contributed by atoms with Crippen molar-refractivity contribution in [2.75, 3.05) is 0 Å². The molecular formula is C6H5CdF. The van der Waals surface area contributed by atoms with Crippen molar-refractivity contribution in [3.8, 4) is 0 Å². The summed E-state index contributed by atoms with van der Waals surface area (Å²) in [6.07, 6.45) is 0. The molecule has 1 aromatic carbocycles. The van der Waals surface area contributed by atoms with Crippen molar-refractivity contribution in [1.82, 2.24) is 0 Å². The quantitative estimate of drug-likeness (QED) is 0.359. The van der Waals surface area contributed by atoms with Crippen LogP contribution in [-0.2, 0) is 27.3 Å². The van der Waals surface area contributed by atoms with E-state index in [1.54, 1.807) is 0 Å². The fourth-order valence-electron chi connectivity index (χ4n) is 0.342. The summed E-state index contributed by atoms with van der Waals surface area (Å²) in [6, 6.07) is 12.5. The number of benzene rings is 1. The first-order valence-electron chi connectivity index (χ1n) is 1.91. The molecule has 0 spiro atoms. The summed E-state index contributed by atoms with van der Waals surface area (Å²) in [4.78, 5) is 0. The van der Waals surface area contributed by atoms with Crippen LogP contribution >= 0.6 is 0 Å². The summed E-state index contributed by atoms with van der Waals surface area (Å²) in [5, 5.41) is 0. The molecule has 0 saturated carbocycles. The number of rotatable bonds is 0. The normalized spacial score (nSPS) is 6.00. The van der Waals surface area contributed by atoms with E-state index >= 15 is 0 Å². The van der Waals surface area contributed by atoms with E-state index < -0.39 is 0 Å². The van der Waals surface area contributed by atoms with Crippen molar-refractivity contribution in [2.24, 2.45) is 0 Å². The molecule has 0 atom stereocenters. The van der Waals surface area contributed by atoms with Crippen molar-refractivity contribution in [3.63, 3.8) is 0 Å². The third kappa shape index (κ3) is 4.24. The largest absolute Gasteiger partial charge is 2.00 e. The van der Waals surface area contributed by atoms with Crippen LogP contribution in [0.25, 0.3) is 0 Å². The van der Waals surface area contributed by atoms with Crippen molar-refractivity contribution >= 4 is 0 Å². The fourth-order valence-corrected chi connectivity index (χ4v) is 0.342. The van der Waals surface area contributed by atoms with Gasteiger partial charge in [-0.3, -0.25) is 0 Å². The molecule has 0 fully saturated rings. The van der Waals surface area contributed by atoms with Crippen LogP contribution in [0.15, 0.2) is 30.3 Å². The van der Waals surface area contributed by atoms with Gasteiger partial charge in [-0.1, -0.05) is 0 Å². The molecular weight excluding hydrogens is 203 g/mol. The fraction of sp³-hybridized carbons (Fsp3) is 0. The maximum Gasteiger partial charge on any atom is 2.00 e. The topological polar surface area (TPSA) is 0 Å². The Morgan fingerprint density at radius 3 is 1.50 bits per heavy atom. The maximum atomic E-state index is 2.89. The van der Waals surface area contributed by atoms with Crippen LogP contribution in [0.3, 0.4) is 0 Å². The predicted octanol–water partition coefficient (Wildman–Crippen LogP) is -1.51. The molecule has 0 bridgehead atoms.